The zero-order chi connectivity index (χ0) is 97.7. The van der Waals surface area contributed by atoms with E-state index >= 15 is 0 Å². The van der Waals surface area contributed by atoms with Gasteiger partial charge >= 0.3 is 66.0 Å². The minimum absolute atomic E-state index is 0. The molecule has 146 heavy (non-hydrogen) atoms. The summed E-state index contributed by atoms with van der Waals surface area (Å²) in [5.41, 5.74) is 29.1. The Labute approximate surface area is 890 Å². The maximum atomic E-state index is 14.0. The molecule has 0 atom stereocenters. The minimum Gasteiger partial charge on any atom is -0.320 e. The van der Waals surface area contributed by atoms with Gasteiger partial charge in [0.25, 0.3) is 0 Å². The van der Waals surface area contributed by atoms with Crippen LogP contribution in [-0.2, 0) is 87.6 Å². The Morgan fingerprint density at radius 2 is 0.603 bits per heavy atom. The van der Waals surface area contributed by atoms with Gasteiger partial charge in [-0.3, -0.25) is 44.3 Å². The van der Waals surface area contributed by atoms with Crippen molar-refractivity contribution < 1.29 is 74.7 Å². The number of hydrogen-bond donors (Lipinski definition) is 0. The second kappa shape index (κ2) is 42.7. The molecule has 24 rings (SSSR count). The molecule has 0 unspecified atom stereocenters. The fourth-order valence-electron chi connectivity index (χ4n) is 18.5. The molecule has 0 saturated carbocycles. The van der Waals surface area contributed by atoms with Crippen molar-refractivity contribution in [3.05, 3.63) is 459 Å². The van der Waals surface area contributed by atoms with Crippen molar-refractivity contribution in [2.75, 3.05) is 0 Å². The third-order valence-corrected chi connectivity index (χ3v) is 25.8. The zero-order valence-electron chi connectivity index (χ0n) is 82.2. The first-order valence-electron chi connectivity index (χ1n) is 47.6. The number of fused-ring (bicyclic) bond motifs is 12. The van der Waals surface area contributed by atoms with Gasteiger partial charge in [-0.05, 0) is 123 Å². The maximum Gasteiger partial charge on any atom is 2.00 e. The van der Waals surface area contributed by atoms with Crippen molar-refractivity contribution in [3.8, 4) is 113 Å². The van der Waals surface area contributed by atoms with Crippen LogP contribution in [0.1, 0.15) is 105 Å². The SMILES string of the molecule is CC(C)(C)c1c[c-]c2c(c1)c1cc(C(C)(C)C)ccc1n2-c1cccc(-c2[c-]c(-c3ccccn3)ccc2)n1.CC(C)(C)c1ccc2c(c1)c1cc(C(C)(C)C)c(-c3[c-]c(-c4ccccn4)ccc3)nc1n2-c1[c-]cccc1.Fc1c[c-]c2c(c1)c1cc(F)ccc1n2-c1cccc(-c2[c-]c(-c3ccccn3)ccc2)n1.[Ni+2].[Ni+2].[Ni+2].[Ni+2].[c-]1c(-c2ccccn2)cccc1-c1ccc2c3ccccc3n(-c3[c-]cccc3)c2n1. The minimum atomic E-state index is -0.423. The third kappa shape index (κ3) is 20.9. The molecule has 0 bridgehead atoms. The first-order valence-corrected chi connectivity index (χ1v) is 47.6. The fraction of sp³-hybridized carbons (Fsp3) is 0.125. The van der Waals surface area contributed by atoms with Crippen LogP contribution in [0.3, 0.4) is 0 Å². The van der Waals surface area contributed by atoms with Crippen LogP contribution in [0.4, 0.5) is 8.78 Å². The van der Waals surface area contributed by atoms with Crippen LogP contribution in [0, 0.1) is 60.2 Å². The molecule has 0 aliphatic carbocycles. The standard InChI is InChI=1S/2C36H33N3.C28H15F2N3.C28H17N3.4Ni/c1-35(2,3)26-16-18-32-28(22-26)29-23-27(36(4,5)6)17-19-33(29)39(32)34-15-10-14-31(38-34)25-12-9-11-24(21-25)30-13-7-8-20-37-30;1-35(2,3)26-18-19-32-28(22-26)29-23-30(36(4,5)6)33(38-34(29)39(32)27-15-8-7-9-16-27)25-14-12-13-24(21-25)31-17-10-11-20-37-31;29-20-10-12-26-22(16-20)23-17-21(30)11-13-27(23)33(26)28-9-4-8-25(32-28)19-6-3-5-18(15-19)24-7-1-2-14-31-24;1-2-11-22(12-3-1)31-27-15-5-4-13-23(27)24-16-17-26(30-28(24)31)21-10-8-9-20(19-21)25-14-6-7-18-29-25;;;;/h7-18,20,22-23H,1-6H3;7-15,17-20,22-23H,1-6H3;1-12,14,16-17H;1-11,13-18H;;;;/q4*-2;4*+2. The maximum absolute atomic E-state index is 14.0. The van der Waals surface area contributed by atoms with Crippen molar-refractivity contribution in [1.82, 2.24) is 58.1 Å². The molecule has 0 N–H and O–H groups in total. The van der Waals surface area contributed by atoms with Gasteiger partial charge < -0.3 is 18.3 Å². The molecule has 12 nitrogen and oxygen atoms in total. The number of nitrogens with zero attached hydrogens (tertiary/aromatic N) is 12. The van der Waals surface area contributed by atoms with E-state index in [9.17, 15) is 8.78 Å². The van der Waals surface area contributed by atoms with Crippen molar-refractivity contribution in [1.29, 1.82) is 0 Å². The topological polar surface area (TPSA) is 123 Å². The number of hydrogen-bond acceptors (Lipinski definition) is 8. The van der Waals surface area contributed by atoms with Gasteiger partial charge in [-0.2, -0.15) is 72.8 Å². The Hall–Kier alpha value is -15.1. The number of pyridine rings is 8. The molecule has 0 radical (unpaired) electrons. The Kier molecular flexibility index (Phi) is 29.9. The van der Waals surface area contributed by atoms with E-state index in [1.165, 1.54) is 68.1 Å². The van der Waals surface area contributed by atoms with E-state index in [-0.39, 0.29) is 93.4 Å². The van der Waals surface area contributed by atoms with Gasteiger partial charge in [0, 0.05) is 109 Å². The molecule has 24 aromatic rings. The molecule has 0 aliphatic rings. The van der Waals surface area contributed by atoms with E-state index in [2.05, 4.69) is 311 Å². The Morgan fingerprint density at radius 3 is 1.05 bits per heavy atom. The predicted octanol–water partition coefficient (Wildman–Crippen LogP) is 31.5. The van der Waals surface area contributed by atoms with E-state index in [0.29, 0.717) is 22.1 Å². The predicted molar refractivity (Wildman–Crippen MR) is 574 cm³/mol. The Balaban J connectivity index is 0.000000132. The van der Waals surface area contributed by atoms with E-state index in [1.54, 1.807) is 18.5 Å². The van der Waals surface area contributed by atoms with Crippen LogP contribution in [0.25, 0.3) is 201 Å². The summed E-state index contributed by atoms with van der Waals surface area (Å²) >= 11 is 0. The zero-order valence-corrected chi connectivity index (χ0v) is 86.1. The first-order chi connectivity index (χ1) is 68.8. The normalized spacial score (nSPS) is 11.5. The van der Waals surface area contributed by atoms with E-state index < -0.39 is 5.82 Å². The monoisotopic (exact) mass is 2070 g/mol. The molecule has 0 aliphatic heterocycles. The number of aromatic nitrogens is 12. The van der Waals surface area contributed by atoms with Crippen molar-refractivity contribution >= 4 is 87.5 Å². The van der Waals surface area contributed by atoms with E-state index in [1.807, 2.05) is 193 Å². The van der Waals surface area contributed by atoms with Crippen LogP contribution in [0.2, 0.25) is 0 Å². The van der Waals surface area contributed by atoms with Gasteiger partial charge in [-0.1, -0.05) is 288 Å². The third-order valence-electron chi connectivity index (χ3n) is 25.8. The van der Waals surface area contributed by atoms with Crippen LogP contribution in [0.5, 0.6) is 0 Å². The van der Waals surface area contributed by atoms with Gasteiger partial charge in [0.15, 0.2) is 0 Å². The number of para-hydroxylation sites is 3. The summed E-state index contributed by atoms with van der Waals surface area (Å²) in [6.45, 7) is 27.1. The summed E-state index contributed by atoms with van der Waals surface area (Å²) in [5, 5.41) is 8.30. The average Bonchev–Trinajstić information content (AvgIpc) is 1.59. The summed E-state index contributed by atoms with van der Waals surface area (Å²) in [6, 6.07) is 144. The first kappa shape index (κ1) is 102. The molecule has 12 aromatic carbocycles. The van der Waals surface area contributed by atoms with E-state index in [4.69, 9.17) is 19.9 Å². The molecule has 0 amide bonds. The van der Waals surface area contributed by atoms with E-state index in [0.717, 1.165) is 157 Å². The number of rotatable bonds is 12. The molecule has 0 saturated heterocycles. The molecular formula is C128H98F2N12Ni4. The van der Waals surface area contributed by atoms with Crippen molar-refractivity contribution in [3.63, 3.8) is 0 Å². The number of halogens is 2. The molecule has 18 heteroatoms. The summed E-state index contributed by atoms with van der Waals surface area (Å²) in [7, 11) is 0. The largest absolute Gasteiger partial charge is 2.00 e. The summed E-state index contributed by atoms with van der Waals surface area (Å²) < 4.78 is 36.5. The fourth-order valence-corrected chi connectivity index (χ4v) is 18.5. The quantitative estimate of drug-likeness (QED) is 0.0875. The molecule has 724 valence electrons. The van der Waals surface area contributed by atoms with Gasteiger partial charge in [0.05, 0.1) is 11.0 Å². The average molecular weight is 2080 g/mol. The van der Waals surface area contributed by atoms with Crippen LogP contribution in [0.15, 0.2) is 377 Å². The van der Waals surface area contributed by atoms with Crippen molar-refractivity contribution in [2.24, 2.45) is 0 Å². The van der Waals surface area contributed by atoms with Crippen LogP contribution in [-0.4, -0.2) is 58.1 Å². The molecule has 0 spiro atoms. The molecule has 12 heterocycles. The second-order valence-corrected chi connectivity index (χ2v) is 39.6. The summed E-state index contributed by atoms with van der Waals surface area (Å²) in [5.74, 6) is 0.688. The van der Waals surface area contributed by atoms with Gasteiger partial charge in [0.2, 0.25) is 0 Å². The Morgan fingerprint density at radius 1 is 0.240 bits per heavy atom. The van der Waals surface area contributed by atoms with Crippen molar-refractivity contribution in [2.45, 2.75) is 105 Å². The van der Waals surface area contributed by atoms with Gasteiger partial charge in [-0.15, -0.1) is 132 Å². The molecular weight excluding hydrogens is 1980 g/mol. The Bertz CT molecular complexity index is 8720. The molecule has 0 fully saturated rings. The van der Waals surface area contributed by atoms with Gasteiger partial charge in [-0.25, -0.2) is 4.39 Å². The molecule has 12 aromatic heterocycles. The van der Waals surface area contributed by atoms with Crippen LogP contribution >= 0.6 is 0 Å². The second-order valence-electron chi connectivity index (χ2n) is 39.6. The number of benzene rings is 12. The van der Waals surface area contributed by atoms with Crippen LogP contribution < -0.4 is 0 Å². The summed E-state index contributed by atoms with van der Waals surface area (Å²) in [4.78, 5) is 38.5. The smallest absolute Gasteiger partial charge is 0.320 e. The summed E-state index contributed by atoms with van der Waals surface area (Å²) in [6.07, 6.45) is 7.18. The van der Waals surface area contributed by atoms with Gasteiger partial charge in [0.1, 0.15) is 28.7 Å².